The summed E-state index contributed by atoms with van der Waals surface area (Å²) >= 11 is 3.45. The van der Waals surface area contributed by atoms with Crippen LogP contribution in [0.4, 0.5) is 0 Å². The minimum atomic E-state index is -0.0527. The lowest BCUT2D eigenvalue weighted by Gasteiger charge is -2.19. The van der Waals surface area contributed by atoms with Crippen molar-refractivity contribution in [1.29, 1.82) is 0 Å². The average molecular weight is 300 g/mol. The van der Waals surface area contributed by atoms with Gasteiger partial charge in [0.2, 0.25) is 0 Å². The van der Waals surface area contributed by atoms with Crippen LogP contribution in [0.5, 0.6) is 5.75 Å². The van der Waals surface area contributed by atoms with E-state index in [2.05, 4.69) is 21.2 Å². The highest BCUT2D eigenvalue weighted by Crippen LogP contribution is 2.31. The van der Waals surface area contributed by atoms with Crippen LogP contribution in [0.3, 0.4) is 0 Å². The maximum atomic E-state index is 9.49. The monoisotopic (exact) mass is 299 g/mol. The van der Waals surface area contributed by atoms with Crippen molar-refractivity contribution in [2.75, 3.05) is 20.3 Å². The van der Waals surface area contributed by atoms with E-state index in [0.717, 1.165) is 28.2 Å². The number of methoxy groups -OCH3 is 1. The molecule has 2 rings (SSSR count). The van der Waals surface area contributed by atoms with Crippen LogP contribution in [-0.4, -0.2) is 25.4 Å². The van der Waals surface area contributed by atoms with Gasteiger partial charge < -0.3 is 15.2 Å². The third-order valence-corrected chi connectivity index (χ3v) is 3.59. The predicted molar refractivity (Wildman–Crippen MR) is 71.2 cm³/mol. The van der Waals surface area contributed by atoms with Crippen molar-refractivity contribution in [1.82, 2.24) is 5.32 Å². The van der Waals surface area contributed by atoms with Crippen molar-refractivity contribution < 1.29 is 9.84 Å². The molecule has 0 aliphatic heterocycles. The first-order valence-corrected chi connectivity index (χ1v) is 6.71. The van der Waals surface area contributed by atoms with Crippen molar-refractivity contribution >= 4 is 15.9 Å². The summed E-state index contributed by atoms with van der Waals surface area (Å²) in [6.07, 6.45) is 2.61. The van der Waals surface area contributed by atoms with Gasteiger partial charge in [-0.15, -0.1) is 0 Å². The number of rotatable bonds is 6. The molecule has 1 aromatic rings. The molecule has 94 valence electrons. The highest BCUT2D eigenvalue weighted by atomic mass is 79.9. The summed E-state index contributed by atoms with van der Waals surface area (Å²) in [5, 5.41) is 12.9. The Balaban J connectivity index is 2.12. The van der Waals surface area contributed by atoms with Crippen LogP contribution in [0.1, 0.15) is 24.4 Å². The van der Waals surface area contributed by atoms with Gasteiger partial charge in [0.05, 0.1) is 19.8 Å². The van der Waals surface area contributed by atoms with E-state index in [4.69, 9.17) is 4.74 Å². The van der Waals surface area contributed by atoms with Crippen molar-refractivity contribution in [2.45, 2.75) is 18.9 Å². The quantitative estimate of drug-likeness (QED) is 0.848. The van der Waals surface area contributed by atoms with Crippen LogP contribution in [0.2, 0.25) is 0 Å². The number of halogens is 1. The number of nitrogens with one attached hydrogen (secondary N) is 1. The molecule has 0 saturated heterocycles. The molecule has 0 aromatic heterocycles. The molecule has 4 heteroatoms. The average Bonchev–Trinajstić information content (AvgIpc) is 3.14. The molecule has 1 fully saturated rings. The normalized spacial score (nSPS) is 16.9. The molecule has 1 aromatic carbocycles. The topological polar surface area (TPSA) is 41.5 Å². The summed E-state index contributed by atoms with van der Waals surface area (Å²) in [5.74, 6) is 1.61. The standard InChI is InChI=1S/C13H18BrNO2/c1-17-13-5-4-10(14)6-11(13)12(8-16)15-7-9-2-3-9/h4-6,9,12,15-16H,2-3,7-8H2,1H3. The molecule has 0 spiro atoms. The van der Waals surface area contributed by atoms with Crippen molar-refractivity contribution in [2.24, 2.45) is 5.92 Å². The fraction of sp³-hybridized carbons (Fsp3) is 0.538. The maximum absolute atomic E-state index is 9.49. The maximum Gasteiger partial charge on any atom is 0.123 e. The van der Waals surface area contributed by atoms with E-state index in [1.807, 2.05) is 18.2 Å². The molecule has 17 heavy (non-hydrogen) atoms. The van der Waals surface area contributed by atoms with Gasteiger partial charge in [-0.1, -0.05) is 15.9 Å². The summed E-state index contributed by atoms with van der Waals surface area (Å²) in [7, 11) is 1.65. The first kappa shape index (κ1) is 12.9. The predicted octanol–water partition coefficient (Wildman–Crippen LogP) is 2.49. The van der Waals surface area contributed by atoms with Crippen LogP contribution in [0.25, 0.3) is 0 Å². The number of ether oxygens (including phenoxy) is 1. The zero-order valence-corrected chi connectivity index (χ0v) is 11.5. The molecule has 2 N–H and O–H groups in total. The van der Waals surface area contributed by atoms with Crippen LogP contribution >= 0.6 is 15.9 Å². The number of hydrogen-bond acceptors (Lipinski definition) is 3. The van der Waals surface area contributed by atoms with Gasteiger partial charge in [0, 0.05) is 10.0 Å². The van der Waals surface area contributed by atoms with Crippen molar-refractivity contribution in [3.8, 4) is 5.75 Å². The fourth-order valence-corrected chi connectivity index (χ4v) is 2.26. The smallest absolute Gasteiger partial charge is 0.123 e. The molecule has 0 bridgehead atoms. The molecular formula is C13H18BrNO2. The van der Waals surface area contributed by atoms with Crippen LogP contribution in [0, 0.1) is 5.92 Å². The van der Waals surface area contributed by atoms with Crippen LogP contribution in [-0.2, 0) is 0 Å². The number of benzene rings is 1. The van der Waals surface area contributed by atoms with Gasteiger partial charge in [-0.05, 0) is 43.5 Å². The lowest BCUT2D eigenvalue weighted by molar-refractivity contribution is 0.240. The lowest BCUT2D eigenvalue weighted by atomic mass is 10.1. The SMILES string of the molecule is COc1ccc(Br)cc1C(CO)NCC1CC1. The minimum Gasteiger partial charge on any atom is -0.496 e. The summed E-state index contributed by atoms with van der Waals surface area (Å²) in [6.45, 7) is 1.06. The van der Waals surface area contributed by atoms with Gasteiger partial charge in [0.1, 0.15) is 5.75 Å². The summed E-state index contributed by atoms with van der Waals surface area (Å²) in [4.78, 5) is 0. The van der Waals surface area contributed by atoms with E-state index < -0.39 is 0 Å². The molecule has 0 radical (unpaired) electrons. The highest BCUT2D eigenvalue weighted by Gasteiger charge is 2.23. The Morgan fingerprint density at radius 2 is 2.29 bits per heavy atom. The Morgan fingerprint density at radius 1 is 1.53 bits per heavy atom. The first-order chi connectivity index (χ1) is 8.24. The molecule has 0 amide bonds. The van der Waals surface area contributed by atoms with Crippen molar-refractivity contribution in [3.63, 3.8) is 0 Å². The summed E-state index contributed by atoms with van der Waals surface area (Å²) in [6, 6.07) is 5.81. The molecular weight excluding hydrogens is 282 g/mol. The van der Waals surface area contributed by atoms with Gasteiger partial charge in [0.25, 0.3) is 0 Å². The third kappa shape index (κ3) is 3.44. The van der Waals surface area contributed by atoms with Gasteiger partial charge in [-0.25, -0.2) is 0 Å². The van der Waals surface area contributed by atoms with Gasteiger partial charge in [-0.2, -0.15) is 0 Å². The molecule has 1 aliphatic carbocycles. The summed E-state index contributed by atoms with van der Waals surface area (Å²) in [5.41, 5.74) is 1.00. The van der Waals surface area contributed by atoms with Gasteiger partial charge >= 0.3 is 0 Å². The second-order valence-corrected chi connectivity index (χ2v) is 5.39. The van der Waals surface area contributed by atoms with Gasteiger partial charge in [0.15, 0.2) is 0 Å². The van der Waals surface area contributed by atoms with Crippen molar-refractivity contribution in [3.05, 3.63) is 28.2 Å². The Kier molecular flexibility index (Phi) is 4.42. The lowest BCUT2D eigenvalue weighted by Crippen LogP contribution is -2.26. The number of aliphatic hydroxyl groups excluding tert-OH is 1. The van der Waals surface area contributed by atoms with E-state index >= 15 is 0 Å². The molecule has 0 heterocycles. The molecule has 1 aliphatic rings. The highest BCUT2D eigenvalue weighted by molar-refractivity contribution is 9.10. The zero-order valence-electron chi connectivity index (χ0n) is 9.95. The Bertz CT molecular complexity index is 380. The van der Waals surface area contributed by atoms with E-state index in [0.29, 0.717) is 0 Å². The third-order valence-electron chi connectivity index (χ3n) is 3.10. The fourth-order valence-electron chi connectivity index (χ4n) is 1.88. The number of aliphatic hydroxyl groups is 1. The second-order valence-electron chi connectivity index (χ2n) is 4.47. The second kappa shape index (κ2) is 5.85. The Hall–Kier alpha value is -0.580. The van der Waals surface area contributed by atoms with E-state index in [1.54, 1.807) is 7.11 Å². The minimum absolute atomic E-state index is 0.0527. The molecule has 1 atom stereocenters. The largest absolute Gasteiger partial charge is 0.496 e. The van der Waals surface area contributed by atoms with E-state index in [-0.39, 0.29) is 12.6 Å². The number of hydrogen-bond donors (Lipinski definition) is 2. The molecule has 1 saturated carbocycles. The van der Waals surface area contributed by atoms with E-state index in [9.17, 15) is 5.11 Å². The first-order valence-electron chi connectivity index (χ1n) is 5.92. The van der Waals surface area contributed by atoms with E-state index in [1.165, 1.54) is 12.8 Å². The molecule has 1 unspecified atom stereocenters. The zero-order chi connectivity index (χ0) is 12.3. The summed E-state index contributed by atoms with van der Waals surface area (Å²) < 4.78 is 6.33. The Labute approximate surface area is 110 Å². The van der Waals surface area contributed by atoms with Crippen LogP contribution < -0.4 is 10.1 Å². The Morgan fingerprint density at radius 3 is 2.88 bits per heavy atom. The molecule has 3 nitrogen and oxygen atoms in total. The van der Waals surface area contributed by atoms with Crippen LogP contribution in [0.15, 0.2) is 22.7 Å². The van der Waals surface area contributed by atoms with Gasteiger partial charge in [-0.3, -0.25) is 0 Å².